The Morgan fingerprint density at radius 2 is 1.40 bits per heavy atom. The van der Waals surface area contributed by atoms with Gasteiger partial charge in [-0.1, -0.05) is 111 Å². The average molecular weight is 1640 g/mol. The summed E-state index contributed by atoms with van der Waals surface area (Å²) < 4.78 is 18.0. The van der Waals surface area contributed by atoms with Crippen LogP contribution in [0, 0.1) is 41.4 Å². The first-order chi connectivity index (χ1) is 53.3. The van der Waals surface area contributed by atoms with Crippen LogP contribution in [-0.2, 0) is 81.6 Å². The fourth-order valence-electron chi connectivity index (χ4n) is 15.2. The lowest BCUT2D eigenvalue weighted by Crippen LogP contribution is -2.54. The number of nitrogens with zero attached hydrogens (tertiary/aromatic N) is 5. The number of rotatable bonds is 41. The van der Waals surface area contributed by atoms with Gasteiger partial charge in [0.25, 0.3) is 5.91 Å². The number of likely N-dealkylation sites (tertiary alicyclic amines) is 1. The third kappa shape index (κ3) is 23.0. The first-order valence-corrected chi connectivity index (χ1v) is 43.1. The van der Waals surface area contributed by atoms with Crippen molar-refractivity contribution in [2.75, 3.05) is 61.8 Å². The van der Waals surface area contributed by atoms with Crippen molar-refractivity contribution in [3.63, 3.8) is 0 Å². The number of nitrogens with one attached hydrogen (secondary N) is 4. The molecule has 0 spiro atoms. The van der Waals surface area contributed by atoms with E-state index in [9.17, 15) is 62.6 Å². The lowest BCUT2D eigenvalue weighted by molar-refractivity contribution is -0.149. The molecule has 0 bridgehead atoms. The predicted molar refractivity (Wildman–Crippen MR) is 435 cm³/mol. The smallest absolute Gasteiger partial charge is 0.410 e. The summed E-state index contributed by atoms with van der Waals surface area (Å²) in [6.07, 6.45) is 1.33. The van der Waals surface area contributed by atoms with Crippen molar-refractivity contribution < 1.29 is 81.6 Å². The van der Waals surface area contributed by atoms with Crippen molar-refractivity contribution in [1.82, 2.24) is 35.6 Å². The molecule has 4 aromatic rings. The highest BCUT2D eigenvalue weighted by atomic mass is 32.2. The number of hydrogen-bond donors (Lipinski definition) is 6. The van der Waals surface area contributed by atoms with Gasteiger partial charge in [-0.05, 0) is 103 Å². The van der Waals surface area contributed by atoms with E-state index >= 15 is 4.79 Å². The highest BCUT2D eigenvalue weighted by Gasteiger charge is 2.53. The molecule has 4 unspecified atom stereocenters. The molecule has 4 aliphatic heterocycles. The lowest BCUT2D eigenvalue weighted by Gasteiger charge is -2.41. The fourth-order valence-corrected chi connectivity index (χ4v) is 22.0. The Bertz CT molecular complexity index is 3970. The average Bonchev–Trinajstić information content (AvgIpc) is 1.60. The Hall–Kier alpha value is -7.88. The van der Waals surface area contributed by atoms with Gasteiger partial charge in [-0.15, -0.1) is 58.4 Å². The van der Waals surface area contributed by atoms with Gasteiger partial charge >= 0.3 is 18.1 Å². The number of imide groups is 1. The molecule has 1 aromatic heterocycles. The minimum absolute atomic E-state index is 0.0489. The van der Waals surface area contributed by atoms with Crippen molar-refractivity contribution in [3.05, 3.63) is 112 Å². The number of Topliss-reactive ketones (excluding diaryl/α,β-unsaturated/α-hetero) is 3. The third-order valence-electron chi connectivity index (χ3n) is 21.5. The summed E-state index contributed by atoms with van der Waals surface area (Å²) >= 11 is 6.46. The summed E-state index contributed by atoms with van der Waals surface area (Å²) in [4.78, 5) is 191. The number of likely N-dealkylation sites (N-methyl/N-ethyl adjacent to an activating group) is 2. The Labute approximate surface area is 676 Å². The zero-order valence-corrected chi connectivity index (χ0v) is 70.0. The Morgan fingerprint density at radius 1 is 0.732 bits per heavy atom. The Kier molecular flexibility index (Phi) is 33.6. The number of ketones is 3. The first-order valence-electron chi connectivity index (χ1n) is 38.1. The maximum Gasteiger partial charge on any atom is 0.410 e. The van der Waals surface area contributed by atoms with E-state index in [1.54, 1.807) is 82.1 Å². The van der Waals surface area contributed by atoms with E-state index in [1.165, 1.54) is 83.9 Å². The van der Waals surface area contributed by atoms with Gasteiger partial charge < -0.3 is 61.0 Å². The van der Waals surface area contributed by atoms with Crippen LogP contribution in [0.3, 0.4) is 0 Å². The number of amides is 10. The summed E-state index contributed by atoms with van der Waals surface area (Å²) in [5, 5.41) is 21.6. The van der Waals surface area contributed by atoms with E-state index in [0.717, 1.165) is 27.2 Å². The number of aliphatic carboxylic acids is 1. The van der Waals surface area contributed by atoms with Crippen molar-refractivity contribution in [2.45, 2.75) is 197 Å². The third-order valence-corrected chi connectivity index (χ3v) is 28.3. The second kappa shape index (κ2) is 41.9. The molecule has 610 valence electrons. The van der Waals surface area contributed by atoms with Crippen LogP contribution in [0.1, 0.15) is 152 Å². The lowest BCUT2D eigenvalue weighted by atomic mass is 9.83. The molecule has 0 saturated carbocycles. The largest absolute Gasteiger partial charge is 0.480 e. The first kappa shape index (κ1) is 89.7. The second-order valence-corrected chi connectivity index (χ2v) is 36.4. The normalized spacial score (nSPS) is 20.2. The van der Waals surface area contributed by atoms with Crippen molar-refractivity contribution in [3.8, 4) is 0 Å². The number of carboxylic acids is 1. The molecule has 112 heavy (non-hydrogen) atoms. The van der Waals surface area contributed by atoms with Crippen LogP contribution in [0.4, 0.5) is 21.0 Å². The van der Waals surface area contributed by atoms with Crippen molar-refractivity contribution >= 4 is 147 Å². The molecule has 3 aromatic carbocycles. The maximum absolute atomic E-state index is 15.0. The minimum atomic E-state index is -1.19. The molecule has 10 amide bonds. The predicted octanol–water partition coefficient (Wildman–Crippen LogP) is 9.82. The Balaban J connectivity index is 0.880. The highest BCUT2D eigenvalue weighted by molar-refractivity contribution is 8.21. The number of carbonyl (C=O) groups excluding carboxylic acids is 12. The molecule has 15 atom stereocenters. The SMILES string of the molecule is CC[C@H](C)[C@@H]([C@@H](CC(=O)N1CCC[C@H]1[C@H](OC)[C@@H](C)C(=O)N[C@@H](Cc1ccccc1)c1nccs1)OC)N(C)C(=O)[C@@H](CC(=O)[C@H](C(C)C)N(C)C(=O)OCc1ccc(NC(=O)[C@H](CCCNC(N)=O)CC(=O)[C@@H](NC(=O)c2cc(CC(=O)C3SCSC3C(=O)O)cc(N3C(=O)C4SCSC4C3=O)c2)C(C)C)cc1)C(C)C. The molecule has 32 heteroatoms. The van der Waals surface area contributed by atoms with Gasteiger partial charge in [0.05, 0.1) is 65.7 Å². The number of nitrogens with two attached hydrogens (primary N) is 1. The number of urea groups is 1. The molecule has 0 aliphatic carbocycles. The minimum Gasteiger partial charge on any atom is -0.480 e. The fraction of sp³-hybridized carbons (Fsp3) is 0.575. The molecule has 0 radical (unpaired) electrons. The number of carbonyl (C=O) groups is 13. The number of anilines is 2. The van der Waals surface area contributed by atoms with Gasteiger partial charge in [-0.3, -0.25) is 52.7 Å². The molecule has 4 fully saturated rings. The molecule has 5 heterocycles. The molecule has 4 aliphatic rings. The topological polar surface area (TPSA) is 370 Å². The van der Waals surface area contributed by atoms with Crippen LogP contribution in [-0.4, -0.2) is 211 Å². The number of aromatic nitrogens is 1. The van der Waals surface area contributed by atoms with Crippen molar-refractivity contribution in [2.24, 2.45) is 47.2 Å². The van der Waals surface area contributed by atoms with Crippen LogP contribution in [0.15, 0.2) is 84.4 Å². The molecule has 8 rings (SSSR count). The number of primary amides is 1. The van der Waals surface area contributed by atoms with Gasteiger partial charge in [0.15, 0.2) is 17.3 Å². The summed E-state index contributed by atoms with van der Waals surface area (Å²) in [6.45, 7) is 16.8. The van der Waals surface area contributed by atoms with Crippen LogP contribution in [0.5, 0.6) is 0 Å². The van der Waals surface area contributed by atoms with Gasteiger partial charge in [-0.2, -0.15) is 0 Å². The van der Waals surface area contributed by atoms with Gasteiger partial charge in [0.1, 0.15) is 27.4 Å². The zero-order valence-electron chi connectivity index (χ0n) is 65.9. The van der Waals surface area contributed by atoms with Gasteiger partial charge in [0, 0.05) is 106 Å². The molecular weight excluding hydrogens is 1530 g/mol. The van der Waals surface area contributed by atoms with Gasteiger partial charge in [0.2, 0.25) is 35.4 Å². The van der Waals surface area contributed by atoms with E-state index in [1.807, 2.05) is 70.3 Å². The highest BCUT2D eigenvalue weighted by Crippen LogP contribution is 2.45. The summed E-state index contributed by atoms with van der Waals surface area (Å²) in [7, 11) is 6.22. The van der Waals surface area contributed by atoms with Crippen LogP contribution >= 0.6 is 58.4 Å². The Morgan fingerprint density at radius 3 is 2.00 bits per heavy atom. The number of thioether (sulfide) groups is 4. The maximum atomic E-state index is 15.0. The van der Waals surface area contributed by atoms with Crippen LogP contribution in [0.25, 0.3) is 0 Å². The molecular formula is C80H108N10O17S5. The number of carboxylic acid groups (broad SMARTS) is 1. The van der Waals surface area contributed by atoms with Crippen molar-refractivity contribution in [1.29, 1.82) is 0 Å². The number of benzene rings is 3. The molecule has 4 saturated heterocycles. The number of thiazole rings is 1. The zero-order chi connectivity index (χ0) is 81.9. The molecule has 27 nitrogen and oxygen atoms in total. The van der Waals surface area contributed by atoms with E-state index in [-0.39, 0.29) is 110 Å². The van der Waals surface area contributed by atoms with Crippen LogP contribution in [0.2, 0.25) is 0 Å². The molecule has 7 N–H and O–H groups in total. The standard InChI is InChI=1S/C80H108N10O17S5/c1-14-46(8)65(61(105-12)39-62(94)89-30-19-23-57(89)66(106-13)47(9)71(95)85-56(74-82-29-31-108-74)34-48-20-16-15-17-21-48)87(10)75(98)55(43(2)3)38-59(92)64(45(6)7)88(11)80(104)107-40-49-24-26-53(27-25-49)84-72(96)51(22-18-28-83-79(81)103)37-58(91)63(44(4)5)86-73(97)52-32-50(35-60(93)67-70(78(101)102)112-41-109-67)33-54(36-52)90-76(99)68-69(77(90)100)111-42-110-68/h15-17,20-21,24-27,29,31-33,36,43-47,51,55-57,61,63-70H,14,18-19,22-23,28,30,34-35,37-42H2,1-13H3,(H,84,96)(H,85,95)(H,86,97)(H,101,102)(H3,81,83,103)/t46-,47+,51+,55-,56-,57-,61+,63-,64-,65-,66+,67?,68?,69?,70?/m0/s1. The summed E-state index contributed by atoms with van der Waals surface area (Å²) in [5.41, 5.74) is 7.43. The number of methoxy groups -OCH3 is 2. The van der Waals surface area contributed by atoms with Crippen LogP contribution < -0.4 is 31.9 Å². The number of ether oxygens (including phenoxy) is 3. The monoisotopic (exact) mass is 1640 g/mol. The number of hydrogen-bond acceptors (Lipinski definition) is 22. The number of fused-ring (bicyclic) bond motifs is 1. The summed E-state index contributed by atoms with van der Waals surface area (Å²) in [6, 6.07) is 16.1. The van der Waals surface area contributed by atoms with E-state index in [2.05, 4.69) is 26.3 Å². The van der Waals surface area contributed by atoms with E-state index < -0.39 is 140 Å². The van der Waals surface area contributed by atoms with E-state index in [4.69, 9.17) is 19.9 Å². The van der Waals surface area contributed by atoms with E-state index in [0.29, 0.717) is 53.6 Å². The van der Waals surface area contributed by atoms with Gasteiger partial charge in [-0.25, -0.2) is 19.5 Å². The quantitative estimate of drug-likeness (QED) is 0.0178. The summed E-state index contributed by atoms with van der Waals surface area (Å²) in [5.74, 6) is -9.41. The second-order valence-electron chi connectivity index (χ2n) is 30.2.